The van der Waals surface area contributed by atoms with E-state index in [-0.39, 0.29) is 5.92 Å². The Morgan fingerprint density at radius 3 is 2.21 bits per heavy atom. The summed E-state index contributed by atoms with van der Waals surface area (Å²) in [5, 5.41) is 0. The zero-order chi connectivity index (χ0) is 13.8. The first kappa shape index (κ1) is 14.8. The Labute approximate surface area is 124 Å². The number of rotatable bonds is 2. The average molecular weight is 323 g/mol. The van der Waals surface area contributed by atoms with Crippen LogP contribution in [0.25, 0.3) is 0 Å². The minimum absolute atomic E-state index is 0.250. The van der Waals surface area contributed by atoms with Crippen LogP contribution in [0.3, 0.4) is 0 Å². The van der Waals surface area contributed by atoms with Gasteiger partial charge in [-0.05, 0) is 49.9 Å². The molecule has 2 heteroatoms. The van der Waals surface area contributed by atoms with E-state index in [0.717, 1.165) is 34.0 Å². The largest absolute Gasteiger partial charge is 0.294 e. The molecule has 0 aromatic heterocycles. The summed E-state index contributed by atoms with van der Waals surface area (Å²) in [4.78, 5) is 12.7. The Morgan fingerprint density at radius 1 is 1.00 bits per heavy atom. The van der Waals surface area contributed by atoms with Crippen LogP contribution in [0.5, 0.6) is 0 Å². The number of halogens is 1. The SMILES string of the molecule is Cc1cc(C(=O)C2CCCCCCC2)c(C)cc1Br. The molecule has 0 atom stereocenters. The molecule has 1 fully saturated rings. The van der Waals surface area contributed by atoms with Crippen molar-refractivity contribution in [3.05, 3.63) is 33.3 Å². The molecule has 0 unspecified atom stereocenters. The van der Waals surface area contributed by atoms with E-state index >= 15 is 0 Å². The lowest BCUT2D eigenvalue weighted by Crippen LogP contribution is -2.17. The Bertz CT molecular complexity index is 457. The summed E-state index contributed by atoms with van der Waals surface area (Å²) in [5.74, 6) is 0.620. The quantitative estimate of drug-likeness (QED) is 0.647. The molecule has 0 bridgehead atoms. The molecule has 0 radical (unpaired) electrons. The van der Waals surface area contributed by atoms with E-state index in [2.05, 4.69) is 35.0 Å². The normalized spacial score (nSPS) is 17.8. The van der Waals surface area contributed by atoms with Crippen LogP contribution in [0.15, 0.2) is 16.6 Å². The lowest BCUT2D eigenvalue weighted by Gasteiger charge is -2.20. The monoisotopic (exact) mass is 322 g/mol. The van der Waals surface area contributed by atoms with Crippen LogP contribution in [0.2, 0.25) is 0 Å². The van der Waals surface area contributed by atoms with Gasteiger partial charge in [0.1, 0.15) is 0 Å². The molecule has 0 N–H and O–H groups in total. The van der Waals surface area contributed by atoms with E-state index in [1.807, 2.05) is 6.92 Å². The molecule has 0 heterocycles. The van der Waals surface area contributed by atoms with Gasteiger partial charge in [-0.25, -0.2) is 0 Å². The molecule has 0 amide bonds. The van der Waals surface area contributed by atoms with Gasteiger partial charge in [0.25, 0.3) is 0 Å². The van der Waals surface area contributed by atoms with Gasteiger partial charge in [0, 0.05) is 16.0 Å². The molecule has 19 heavy (non-hydrogen) atoms. The van der Waals surface area contributed by atoms with Crippen LogP contribution >= 0.6 is 15.9 Å². The average Bonchev–Trinajstić information content (AvgIpc) is 2.32. The Balaban J connectivity index is 2.20. The molecule has 1 aliphatic carbocycles. The summed E-state index contributed by atoms with van der Waals surface area (Å²) in [6.07, 6.45) is 8.51. The summed E-state index contributed by atoms with van der Waals surface area (Å²) in [6.45, 7) is 4.10. The number of carbonyl (C=O) groups excluding carboxylic acids is 1. The van der Waals surface area contributed by atoms with Gasteiger partial charge in [0.15, 0.2) is 5.78 Å². The molecule has 1 saturated carbocycles. The summed E-state index contributed by atoms with van der Waals surface area (Å²) in [7, 11) is 0. The zero-order valence-corrected chi connectivity index (χ0v) is 13.6. The molecular formula is C17H23BrO. The van der Waals surface area contributed by atoms with Crippen LogP contribution < -0.4 is 0 Å². The van der Waals surface area contributed by atoms with Crippen molar-refractivity contribution in [1.29, 1.82) is 0 Å². The van der Waals surface area contributed by atoms with Crippen LogP contribution in [0, 0.1) is 19.8 Å². The molecule has 2 rings (SSSR count). The lowest BCUT2D eigenvalue weighted by molar-refractivity contribution is 0.0897. The highest BCUT2D eigenvalue weighted by atomic mass is 79.9. The summed E-state index contributed by atoms with van der Waals surface area (Å²) < 4.78 is 1.10. The van der Waals surface area contributed by atoms with E-state index in [1.165, 1.54) is 32.1 Å². The van der Waals surface area contributed by atoms with E-state index in [9.17, 15) is 4.79 Å². The lowest BCUT2D eigenvalue weighted by atomic mass is 9.84. The molecule has 1 aromatic rings. The Hall–Kier alpha value is -0.630. The number of Topliss-reactive ketones (excluding diaryl/α,β-unsaturated/α-hetero) is 1. The highest BCUT2D eigenvalue weighted by Gasteiger charge is 2.22. The maximum atomic E-state index is 12.7. The summed E-state index contributed by atoms with van der Waals surface area (Å²) in [6, 6.07) is 4.13. The fourth-order valence-corrected chi connectivity index (χ4v) is 3.44. The van der Waals surface area contributed by atoms with Gasteiger partial charge in [0.05, 0.1) is 0 Å². The maximum absolute atomic E-state index is 12.7. The molecule has 1 aliphatic rings. The third-order valence-corrected chi connectivity index (χ3v) is 5.10. The van der Waals surface area contributed by atoms with Crippen LogP contribution in [0.1, 0.15) is 66.4 Å². The predicted molar refractivity (Wildman–Crippen MR) is 83.8 cm³/mol. The maximum Gasteiger partial charge on any atom is 0.166 e. The van der Waals surface area contributed by atoms with Crippen molar-refractivity contribution in [3.63, 3.8) is 0 Å². The van der Waals surface area contributed by atoms with Crippen LogP contribution in [-0.2, 0) is 0 Å². The molecule has 1 nitrogen and oxygen atoms in total. The fraction of sp³-hybridized carbons (Fsp3) is 0.588. The van der Waals surface area contributed by atoms with Gasteiger partial charge < -0.3 is 0 Å². The third-order valence-electron chi connectivity index (χ3n) is 4.25. The topological polar surface area (TPSA) is 17.1 Å². The number of benzene rings is 1. The zero-order valence-electron chi connectivity index (χ0n) is 12.0. The van der Waals surface area contributed by atoms with E-state index < -0.39 is 0 Å². The summed E-state index contributed by atoms with van der Waals surface area (Å²) >= 11 is 3.54. The van der Waals surface area contributed by atoms with Gasteiger partial charge in [0.2, 0.25) is 0 Å². The Morgan fingerprint density at radius 2 is 1.58 bits per heavy atom. The van der Waals surface area contributed by atoms with E-state index in [0.29, 0.717) is 5.78 Å². The number of hydrogen-bond donors (Lipinski definition) is 0. The van der Waals surface area contributed by atoms with Crippen LogP contribution in [0.4, 0.5) is 0 Å². The van der Waals surface area contributed by atoms with Crippen molar-refractivity contribution in [3.8, 4) is 0 Å². The van der Waals surface area contributed by atoms with E-state index in [4.69, 9.17) is 0 Å². The highest BCUT2D eigenvalue weighted by molar-refractivity contribution is 9.10. The van der Waals surface area contributed by atoms with Crippen molar-refractivity contribution >= 4 is 21.7 Å². The minimum Gasteiger partial charge on any atom is -0.294 e. The standard InChI is InChI=1S/C17H23BrO/c1-12-11-16(18)13(2)10-15(12)17(19)14-8-6-4-3-5-7-9-14/h10-11,14H,3-9H2,1-2H3. The van der Waals surface area contributed by atoms with Gasteiger partial charge in [-0.2, -0.15) is 0 Å². The number of hydrogen-bond acceptors (Lipinski definition) is 1. The first-order chi connectivity index (χ1) is 9.09. The number of carbonyl (C=O) groups is 1. The van der Waals surface area contributed by atoms with Gasteiger partial charge >= 0.3 is 0 Å². The van der Waals surface area contributed by atoms with Gasteiger partial charge in [-0.3, -0.25) is 4.79 Å². The van der Waals surface area contributed by atoms with Crippen molar-refractivity contribution in [2.45, 2.75) is 58.8 Å². The fourth-order valence-electron chi connectivity index (χ4n) is 2.98. The van der Waals surface area contributed by atoms with Crippen molar-refractivity contribution in [2.24, 2.45) is 5.92 Å². The first-order valence-electron chi connectivity index (χ1n) is 7.40. The van der Waals surface area contributed by atoms with Crippen LogP contribution in [-0.4, -0.2) is 5.78 Å². The second-order valence-corrected chi connectivity index (χ2v) is 6.68. The molecule has 1 aromatic carbocycles. The number of aryl methyl sites for hydroxylation is 2. The smallest absolute Gasteiger partial charge is 0.166 e. The molecule has 0 saturated heterocycles. The summed E-state index contributed by atoms with van der Waals surface area (Å²) in [5.41, 5.74) is 3.19. The Kier molecular flexibility index (Phi) is 5.20. The van der Waals surface area contributed by atoms with E-state index in [1.54, 1.807) is 0 Å². The molecule has 0 spiro atoms. The van der Waals surface area contributed by atoms with Crippen molar-refractivity contribution < 1.29 is 4.79 Å². The molecule has 0 aliphatic heterocycles. The third kappa shape index (κ3) is 3.68. The minimum atomic E-state index is 0.250. The molecular weight excluding hydrogens is 300 g/mol. The first-order valence-corrected chi connectivity index (χ1v) is 8.20. The highest BCUT2D eigenvalue weighted by Crippen LogP contribution is 2.28. The van der Waals surface area contributed by atoms with Gasteiger partial charge in [-0.1, -0.05) is 48.0 Å². The predicted octanol–water partition coefficient (Wildman–Crippen LogP) is 5.61. The van der Waals surface area contributed by atoms with Crippen molar-refractivity contribution in [2.75, 3.05) is 0 Å². The van der Waals surface area contributed by atoms with Crippen molar-refractivity contribution in [1.82, 2.24) is 0 Å². The second kappa shape index (κ2) is 6.69. The second-order valence-electron chi connectivity index (χ2n) is 5.82. The van der Waals surface area contributed by atoms with Gasteiger partial charge in [-0.15, -0.1) is 0 Å². The molecule has 104 valence electrons. The number of ketones is 1.